The zero-order valence-electron chi connectivity index (χ0n) is 14.1. The third-order valence-electron chi connectivity index (χ3n) is 4.76. The van der Waals surface area contributed by atoms with E-state index < -0.39 is 0 Å². The van der Waals surface area contributed by atoms with Crippen LogP contribution < -0.4 is 0 Å². The number of hydrogen-bond acceptors (Lipinski definition) is 7. The summed E-state index contributed by atoms with van der Waals surface area (Å²) in [6.45, 7) is 4.05. The number of hydrogen-bond donors (Lipinski definition) is 2. The van der Waals surface area contributed by atoms with Gasteiger partial charge in [0, 0.05) is 32.7 Å². The predicted octanol–water partition coefficient (Wildman–Crippen LogP) is 1.33. The number of aliphatic hydroxyl groups excluding tert-OH is 1. The third-order valence-corrected chi connectivity index (χ3v) is 5.85. The van der Waals surface area contributed by atoms with Crippen LogP contribution in [0.25, 0.3) is 4.96 Å². The average Bonchev–Trinajstić information content (AvgIpc) is 3.22. The second-order valence-corrected chi connectivity index (χ2v) is 7.31. The first-order valence-electron chi connectivity index (χ1n) is 8.51. The number of thiazole rings is 1. The van der Waals surface area contributed by atoms with E-state index in [0.717, 1.165) is 36.6 Å². The van der Waals surface area contributed by atoms with Crippen molar-refractivity contribution >= 4 is 16.3 Å². The fourth-order valence-electron chi connectivity index (χ4n) is 3.43. The van der Waals surface area contributed by atoms with Gasteiger partial charge in [0.2, 0.25) is 10.8 Å². The van der Waals surface area contributed by atoms with Crippen molar-refractivity contribution in [2.75, 3.05) is 39.3 Å². The third kappa shape index (κ3) is 3.18. The highest BCUT2D eigenvalue weighted by atomic mass is 32.1. The Kier molecular flexibility index (Phi) is 4.86. The van der Waals surface area contributed by atoms with Gasteiger partial charge >= 0.3 is 0 Å². The number of aliphatic hydroxyl groups is 1. The minimum absolute atomic E-state index is 0.0783. The Morgan fingerprint density at radius 1 is 1.15 bits per heavy atom. The van der Waals surface area contributed by atoms with Crippen LogP contribution in [-0.4, -0.2) is 73.9 Å². The lowest BCUT2D eigenvalue weighted by Crippen LogP contribution is -2.48. The number of fused-ring (bicyclic) bond motifs is 1. The van der Waals surface area contributed by atoms with Crippen LogP contribution in [0.5, 0.6) is 5.88 Å². The molecule has 0 saturated carbocycles. The van der Waals surface area contributed by atoms with Gasteiger partial charge in [-0.25, -0.2) is 9.37 Å². The number of aromatic hydroxyl groups is 1. The summed E-state index contributed by atoms with van der Waals surface area (Å²) < 4.78 is 14.8. The number of nitrogens with zero attached hydrogens (tertiary/aromatic N) is 5. The summed E-state index contributed by atoms with van der Waals surface area (Å²) >= 11 is 1.39. The van der Waals surface area contributed by atoms with Crippen molar-refractivity contribution in [2.24, 2.45) is 0 Å². The van der Waals surface area contributed by atoms with Crippen LogP contribution in [0.3, 0.4) is 0 Å². The number of β-amino-alcohol motifs (C(OH)–C–C–N with tert-alkyl or cyclic N) is 1. The molecule has 0 bridgehead atoms. The highest BCUT2D eigenvalue weighted by Crippen LogP contribution is 2.39. The standard InChI is InChI=1S/C17H20FN5O2S/c18-13-3-1-12(2-4-13)14(22-7-5-21(6-8-22)9-10-24)15-16(25)23-17(26-15)19-11-20-23/h1-4,11,14,24-25H,5-10H2/t14-/m0/s1. The average molecular weight is 377 g/mol. The van der Waals surface area contributed by atoms with Crippen LogP contribution in [0.15, 0.2) is 30.6 Å². The van der Waals surface area contributed by atoms with E-state index in [1.807, 2.05) is 0 Å². The Balaban J connectivity index is 1.69. The molecule has 2 N–H and O–H groups in total. The van der Waals surface area contributed by atoms with Crippen LogP contribution >= 0.6 is 11.3 Å². The summed E-state index contributed by atoms with van der Waals surface area (Å²) in [6.07, 6.45) is 1.41. The maximum absolute atomic E-state index is 13.4. The molecule has 2 aromatic heterocycles. The summed E-state index contributed by atoms with van der Waals surface area (Å²) in [5.41, 5.74) is 0.918. The molecule has 1 aliphatic heterocycles. The van der Waals surface area contributed by atoms with Gasteiger partial charge in [-0.3, -0.25) is 9.80 Å². The van der Waals surface area contributed by atoms with Gasteiger partial charge in [-0.05, 0) is 17.7 Å². The first kappa shape index (κ1) is 17.3. The van der Waals surface area contributed by atoms with Crippen molar-refractivity contribution in [3.8, 4) is 5.88 Å². The largest absolute Gasteiger partial charge is 0.492 e. The molecule has 0 amide bonds. The summed E-state index contributed by atoms with van der Waals surface area (Å²) in [4.78, 5) is 10.0. The summed E-state index contributed by atoms with van der Waals surface area (Å²) in [5, 5.41) is 23.9. The second-order valence-electron chi connectivity index (χ2n) is 6.30. The fourth-order valence-corrected chi connectivity index (χ4v) is 4.52. The van der Waals surface area contributed by atoms with E-state index >= 15 is 0 Å². The van der Waals surface area contributed by atoms with E-state index in [9.17, 15) is 9.50 Å². The van der Waals surface area contributed by atoms with E-state index in [-0.39, 0.29) is 24.3 Å². The van der Waals surface area contributed by atoms with Gasteiger partial charge in [0.25, 0.3) is 0 Å². The van der Waals surface area contributed by atoms with Crippen molar-refractivity contribution < 1.29 is 14.6 Å². The summed E-state index contributed by atoms with van der Waals surface area (Å²) in [5.74, 6) is -0.207. The molecule has 4 rings (SSSR count). The highest BCUT2D eigenvalue weighted by molar-refractivity contribution is 7.17. The van der Waals surface area contributed by atoms with Crippen LogP contribution in [-0.2, 0) is 0 Å². The van der Waals surface area contributed by atoms with Crippen molar-refractivity contribution in [3.63, 3.8) is 0 Å². The summed E-state index contributed by atoms with van der Waals surface area (Å²) in [7, 11) is 0. The molecule has 3 heterocycles. The van der Waals surface area contributed by atoms with Crippen molar-refractivity contribution in [1.82, 2.24) is 24.4 Å². The lowest BCUT2D eigenvalue weighted by atomic mass is 10.0. The van der Waals surface area contributed by atoms with Crippen molar-refractivity contribution in [3.05, 3.63) is 46.9 Å². The van der Waals surface area contributed by atoms with Crippen LogP contribution in [0.4, 0.5) is 4.39 Å². The first-order chi connectivity index (χ1) is 12.7. The lowest BCUT2D eigenvalue weighted by molar-refractivity contribution is 0.0945. The number of piperazine rings is 1. The quantitative estimate of drug-likeness (QED) is 0.699. The van der Waals surface area contributed by atoms with Gasteiger partial charge < -0.3 is 10.2 Å². The number of rotatable bonds is 5. The molecule has 1 atom stereocenters. The summed E-state index contributed by atoms with van der Waals surface area (Å²) in [6, 6.07) is 6.21. The Morgan fingerprint density at radius 2 is 1.88 bits per heavy atom. The smallest absolute Gasteiger partial charge is 0.230 e. The highest BCUT2D eigenvalue weighted by Gasteiger charge is 2.31. The molecule has 26 heavy (non-hydrogen) atoms. The SMILES string of the molecule is OCCN1CCN([C@@H](c2ccc(F)cc2)c2sc3ncnn3c2O)CC1. The maximum Gasteiger partial charge on any atom is 0.230 e. The van der Waals surface area contributed by atoms with Gasteiger partial charge in [0.15, 0.2) is 0 Å². The van der Waals surface area contributed by atoms with E-state index in [1.165, 1.54) is 34.3 Å². The van der Waals surface area contributed by atoms with E-state index in [4.69, 9.17) is 5.11 Å². The van der Waals surface area contributed by atoms with E-state index in [2.05, 4.69) is 19.9 Å². The predicted molar refractivity (Wildman–Crippen MR) is 95.9 cm³/mol. The van der Waals surface area contributed by atoms with Gasteiger partial charge in [-0.15, -0.1) is 0 Å². The monoisotopic (exact) mass is 377 g/mol. The van der Waals surface area contributed by atoms with E-state index in [1.54, 1.807) is 12.1 Å². The molecule has 9 heteroatoms. The molecular formula is C17H20FN5O2S. The number of aromatic nitrogens is 3. The zero-order valence-corrected chi connectivity index (χ0v) is 14.9. The van der Waals surface area contributed by atoms with Gasteiger partial charge in [-0.2, -0.15) is 9.61 Å². The molecular weight excluding hydrogens is 357 g/mol. The van der Waals surface area contributed by atoms with Gasteiger partial charge in [-0.1, -0.05) is 23.5 Å². The molecule has 7 nitrogen and oxygen atoms in total. The Labute approximate surface area is 153 Å². The first-order valence-corrected chi connectivity index (χ1v) is 9.33. The molecule has 1 aliphatic rings. The molecule has 3 aromatic rings. The normalized spacial score (nSPS) is 17.8. The number of halogens is 1. The minimum Gasteiger partial charge on any atom is -0.492 e. The Hall–Kier alpha value is -2.07. The van der Waals surface area contributed by atoms with E-state index in [0.29, 0.717) is 11.5 Å². The van der Waals surface area contributed by atoms with Crippen molar-refractivity contribution in [2.45, 2.75) is 6.04 Å². The molecule has 0 spiro atoms. The van der Waals surface area contributed by atoms with Gasteiger partial charge in [0.05, 0.1) is 17.5 Å². The van der Waals surface area contributed by atoms with Crippen LogP contribution in [0, 0.1) is 5.82 Å². The number of benzene rings is 1. The zero-order chi connectivity index (χ0) is 18.1. The second kappa shape index (κ2) is 7.28. The maximum atomic E-state index is 13.4. The Bertz CT molecular complexity index is 873. The molecule has 1 aromatic carbocycles. The fraction of sp³-hybridized carbons (Fsp3) is 0.412. The van der Waals surface area contributed by atoms with Gasteiger partial charge in [0.1, 0.15) is 12.1 Å². The topological polar surface area (TPSA) is 77.1 Å². The molecule has 1 fully saturated rings. The lowest BCUT2D eigenvalue weighted by Gasteiger charge is -2.39. The minimum atomic E-state index is -0.285. The molecule has 1 saturated heterocycles. The van der Waals surface area contributed by atoms with Crippen LogP contribution in [0.1, 0.15) is 16.5 Å². The molecule has 138 valence electrons. The van der Waals surface area contributed by atoms with Crippen LogP contribution in [0.2, 0.25) is 0 Å². The molecule has 0 unspecified atom stereocenters. The Morgan fingerprint density at radius 3 is 2.54 bits per heavy atom. The molecule has 0 aliphatic carbocycles. The molecule has 0 radical (unpaired) electrons. The van der Waals surface area contributed by atoms with Crippen molar-refractivity contribution in [1.29, 1.82) is 0 Å².